The average Bonchev–Trinajstić information content (AvgIpc) is 2.66. The molecular formula is C14H19N3S. The summed E-state index contributed by atoms with van der Waals surface area (Å²) in [7, 11) is 0. The van der Waals surface area contributed by atoms with Gasteiger partial charge in [0.05, 0.1) is 5.69 Å². The minimum absolute atomic E-state index is 0.352. The van der Waals surface area contributed by atoms with Gasteiger partial charge in [0.1, 0.15) is 5.82 Å². The molecule has 1 N–H and O–H groups in total. The molecule has 0 fully saturated rings. The molecule has 0 aliphatic carbocycles. The Morgan fingerprint density at radius 3 is 2.72 bits per heavy atom. The maximum absolute atomic E-state index is 4.40. The molecule has 2 rings (SSSR count). The van der Waals surface area contributed by atoms with E-state index in [4.69, 9.17) is 0 Å². The zero-order chi connectivity index (χ0) is 13.1. The first-order valence-electron chi connectivity index (χ1n) is 6.15. The van der Waals surface area contributed by atoms with E-state index < -0.39 is 0 Å². The molecule has 1 unspecified atom stereocenters. The van der Waals surface area contributed by atoms with E-state index in [2.05, 4.69) is 42.1 Å². The second-order valence-corrected chi connectivity index (χ2v) is 6.03. The quantitative estimate of drug-likeness (QED) is 0.917. The largest absolute Gasteiger partial charge is 0.305 e. The molecule has 3 nitrogen and oxygen atoms in total. The lowest BCUT2D eigenvalue weighted by Crippen LogP contribution is -2.19. The van der Waals surface area contributed by atoms with E-state index in [1.807, 2.05) is 30.5 Å². The molecule has 0 aliphatic rings. The number of hydrogen-bond acceptors (Lipinski definition) is 4. The van der Waals surface area contributed by atoms with E-state index >= 15 is 0 Å². The van der Waals surface area contributed by atoms with Crippen LogP contribution in [0.4, 0.5) is 0 Å². The molecule has 4 heteroatoms. The summed E-state index contributed by atoms with van der Waals surface area (Å²) in [5.41, 5.74) is 2.43. The highest BCUT2D eigenvalue weighted by Gasteiger charge is 2.10. The standard InChI is InChI=1S/C14H19N3S/c1-9-7-14(11(3)18-9)10(2)16-8-13-5-6-15-12(4)17-13/h5-7,10,16H,8H2,1-4H3. The smallest absolute Gasteiger partial charge is 0.125 e. The average molecular weight is 261 g/mol. The van der Waals surface area contributed by atoms with Gasteiger partial charge in [-0.3, -0.25) is 0 Å². The first-order valence-corrected chi connectivity index (χ1v) is 6.96. The highest BCUT2D eigenvalue weighted by atomic mass is 32.1. The van der Waals surface area contributed by atoms with Crippen LogP contribution in [-0.2, 0) is 6.54 Å². The predicted octanol–water partition coefficient (Wildman–Crippen LogP) is 3.31. The van der Waals surface area contributed by atoms with E-state index in [0.29, 0.717) is 6.04 Å². The number of nitrogens with one attached hydrogen (secondary N) is 1. The summed E-state index contributed by atoms with van der Waals surface area (Å²) >= 11 is 1.86. The summed E-state index contributed by atoms with van der Waals surface area (Å²) in [6, 6.07) is 4.58. The molecule has 1 atom stereocenters. The van der Waals surface area contributed by atoms with Crippen LogP contribution in [0.2, 0.25) is 0 Å². The van der Waals surface area contributed by atoms with Crippen LogP contribution in [0.3, 0.4) is 0 Å². The third-order valence-electron chi connectivity index (χ3n) is 2.97. The van der Waals surface area contributed by atoms with E-state index in [1.165, 1.54) is 15.3 Å². The van der Waals surface area contributed by atoms with Crippen LogP contribution in [0.25, 0.3) is 0 Å². The van der Waals surface area contributed by atoms with Crippen LogP contribution in [0.15, 0.2) is 18.3 Å². The molecule has 0 aliphatic heterocycles. The first-order chi connectivity index (χ1) is 8.56. The van der Waals surface area contributed by atoms with Gasteiger partial charge in [-0.05, 0) is 45.4 Å². The fourth-order valence-corrected chi connectivity index (χ4v) is 3.07. The van der Waals surface area contributed by atoms with E-state index in [1.54, 1.807) is 0 Å². The summed E-state index contributed by atoms with van der Waals surface area (Å²) in [6.07, 6.45) is 1.81. The van der Waals surface area contributed by atoms with E-state index in [0.717, 1.165) is 18.1 Å². The van der Waals surface area contributed by atoms with Gasteiger partial charge in [-0.2, -0.15) is 0 Å². The Morgan fingerprint density at radius 1 is 1.33 bits per heavy atom. The molecule has 2 heterocycles. The fraction of sp³-hybridized carbons (Fsp3) is 0.429. The van der Waals surface area contributed by atoms with Crippen molar-refractivity contribution < 1.29 is 0 Å². The van der Waals surface area contributed by atoms with Gasteiger partial charge in [-0.15, -0.1) is 11.3 Å². The molecule has 0 bridgehead atoms. The van der Waals surface area contributed by atoms with Crippen molar-refractivity contribution in [2.75, 3.05) is 0 Å². The third kappa shape index (κ3) is 3.15. The van der Waals surface area contributed by atoms with Gasteiger partial charge in [0, 0.05) is 28.5 Å². The molecule has 0 amide bonds. The van der Waals surface area contributed by atoms with Crippen molar-refractivity contribution in [2.45, 2.75) is 40.3 Å². The fourth-order valence-electron chi connectivity index (χ4n) is 2.05. The van der Waals surface area contributed by atoms with Crippen LogP contribution in [0, 0.1) is 20.8 Å². The number of nitrogens with zero attached hydrogens (tertiary/aromatic N) is 2. The van der Waals surface area contributed by atoms with Gasteiger partial charge >= 0.3 is 0 Å². The van der Waals surface area contributed by atoms with Crippen LogP contribution in [-0.4, -0.2) is 9.97 Å². The third-order valence-corrected chi connectivity index (χ3v) is 3.95. The van der Waals surface area contributed by atoms with Crippen LogP contribution in [0.1, 0.15) is 39.8 Å². The Hall–Kier alpha value is -1.26. The molecular weight excluding hydrogens is 242 g/mol. The molecule has 0 radical (unpaired) electrons. The van der Waals surface area contributed by atoms with Crippen molar-refractivity contribution in [2.24, 2.45) is 0 Å². The van der Waals surface area contributed by atoms with E-state index in [-0.39, 0.29) is 0 Å². The Morgan fingerprint density at radius 2 is 2.11 bits per heavy atom. The molecule has 18 heavy (non-hydrogen) atoms. The predicted molar refractivity (Wildman–Crippen MR) is 75.8 cm³/mol. The minimum Gasteiger partial charge on any atom is -0.305 e. The lowest BCUT2D eigenvalue weighted by molar-refractivity contribution is 0.565. The Kier molecular flexibility index (Phi) is 4.09. The summed E-state index contributed by atoms with van der Waals surface area (Å²) in [6.45, 7) is 9.22. The molecule has 0 saturated heterocycles. The number of aromatic nitrogens is 2. The Labute approximate surface area is 112 Å². The van der Waals surface area contributed by atoms with Crippen molar-refractivity contribution >= 4 is 11.3 Å². The second kappa shape index (κ2) is 5.59. The van der Waals surface area contributed by atoms with Crippen molar-refractivity contribution in [3.63, 3.8) is 0 Å². The maximum Gasteiger partial charge on any atom is 0.125 e. The molecule has 96 valence electrons. The van der Waals surface area contributed by atoms with Gasteiger partial charge in [-0.25, -0.2) is 9.97 Å². The number of rotatable bonds is 4. The summed E-state index contributed by atoms with van der Waals surface area (Å²) in [5.74, 6) is 0.824. The van der Waals surface area contributed by atoms with Gasteiger partial charge in [0.2, 0.25) is 0 Å². The normalized spacial score (nSPS) is 12.7. The Bertz CT molecular complexity index is 534. The van der Waals surface area contributed by atoms with Crippen molar-refractivity contribution in [1.29, 1.82) is 0 Å². The van der Waals surface area contributed by atoms with Gasteiger partial charge in [-0.1, -0.05) is 0 Å². The molecule has 0 aromatic carbocycles. The highest BCUT2D eigenvalue weighted by Crippen LogP contribution is 2.26. The molecule has 2 aromatic rings. The minimum atomic E-state index is 0.352. The van der Waals surface area contributed by atoms with Crippen molar-refractivity contribution in [1.82, 2.24) is 15.3 Å². The topological polar surface area (TPSA) is 37.8 Å². The summed E-state index contributed by atoms with van der Waals surface area (Å²) < 4.78 is 0. The lowest BCUT2D eigenvalue weighted by atomic mass is 10.1. The number of thiophene rings is 1. The van der Waals surface area contributed by atoms with Crippen molar-refractivity contribution in [3.8, 4) is 0 Å². The zero-order valence-corrected chi connectivity index (χ0v) is 12.1. The monoisotopic (exact) mass is 261 g/mol. The lowest BCUT2D eigenvalue weighted by Gasteiger charge is -2.13. The van der Waals surface area contributed by atoms with Crippen LogP contribution < -0.4 is 5.32 Å². The Balaban J connectivity index is 2.00. The zero-order valence-electron chi connectivity index (χ0n) is 11.3. The van der Waals surface area contributed by atoms with Crippen LogP contribution >= 0.6 is 11.3 Å². The SMILES string of the molecule is Cc1nccc(CNC(C)c2cc(C)sc2C)n1. The number of hydrogen-bond donors (Lipinski definition) is 1. The molecule has 0 saturated carbocycles. The van der Waals surface area contributed by atoms with Gasteiger partial charge in [0.15, 0.2) is 0 Å². The van der Waals surface area contributed by atoms with E-state index in [9.17, 15) is 0 Å². The maximum atomic E-state index is 4.40. The van der Waals surface area contributed by atoms with Crippen LogP contribution in [0.5, 0.6) is 0 Å². The van der Waals surface area contributed by atoms with Crippen molar-refractivity contribution in [3.05, 3.63) is 45.2 Å². The van der Waals surface area contributed by atoms with Gasteiger partial charge in [0.25, 0.3) is 0 Å². The highest BCUT2D eigenvalue weighted by molar-refractivity contribution is 7.12. The van der Waals surface area contributed by atoms with Gasteiger partial charge < -0.3 is 5.32 Å². The second-order valence-electron chi connectivity index (χ2n) is 4.57. The molecule has 2 aromatic heterocycles. The first kappa shape index (κ1) is 13.2. The summed E-state index contributed by atoms with van der Waals surface area (Å²) in [5, 5.41) is 3.51. The number of aryl methyl sites for hydroxylation is 3. The molecule has 0 spiro atoms. The summed E-state index contributed by atoms with van der Waals surface area (Å²) in [4.78, 5) is 11.3.